The van der Waals surface area contributed by atoms with Gasteiger partial charge in [-0.1, -0.05) is 0 Å². The average Bonchev–Trinajstić information content (AvgIpc) is 2.35. The van der Waals surface area contributed by atoms with Gasteiger partial charge in [0.05, 0.1) is 26.6 Å². The number of nitrogens with zero attached hydrogens (tertiary/aromatic N) is 2. The van der Waals surface area contributed by atoms with E-state index in [1.807, 2.05) is 0 Å². The summed E-state index contributed by atoms with van der Waals surface area (Å²) in [4.78, 5) is 12.1. The Bertz CT molecular complexity index is 711. The van der Waals surface area contributed by atoms with Gasteiger partial charge in [0.2, 0.25) is 5.75 Å². The summed E-state index contributed by atoms with van der Waals surface area (Å²) in [5.41, 5.74) is -0.689. The van der Waals surface area contributed by atoms with Crippen molar-refractivity contribution in [1.82, 2.24) is 9.46 Å². The largest absolute Gasteiger partial charge is 0.491 e. The van der Waals surface area contributed by atoms with Crippen LogP contribution in [0.4, 0.5) is 0 Å². The third-order valence-electron chi connectivity index (χ3n) is 2.53. The van der Waals surface area contributed by atoms with Crippen molar-refractivity contribution >= 4 is 0 Å². The molecule has 0 saturated heterocycles. The van der Waals surface area contributed by atoms with Crippen LogP contribution in [0.15, 0.2) is 17.2 Å². The van der Waals surface area contributed by atoms with Crippen LogP contribution in [-0.4, -0.2) is 34.1 Å². The van der Waals surface area contributed by atoms with Crippen molar-refractivity contribution in [3.8, 4) is 11.5 Å². The Morgan fingerprint density at radius 2 is 1.56 bits per heavy atom. The lowest BCUT2D eigenvalue weighted by atomic mass is 10.2. The Balaban J connectivity index is 3.28. The molecule has 0 saturated carbocycles. The van der Waals surface area contributed by atoms with Crippen LogP contribution in [0.5, 0.6) is 11.5 Å². The molecular formula is C10H11N3O5. The summed E-state index contributed by atoms with van der Waals surface area (Å²) in [6.45, 7) is 0. The predicted octanol–water partition coefficient (Wildman–Crippen LogP) is -0.654. The van der Waals surface area contributed by atoms with Gasteiger partial charge in [-0.2, -0.15) is 9.46 Å². The fraction of sp³-hybridized carbons (Fsp3) is 0.200. The highest BCUT2D eigenvalue weighted by Crippen LogP contribution is 2.16. The molecule has 2 aliphatic rings. The van der Waals surface area contributed by atoms with E-state index >= 15 is 0 Å². The molecule has 2 rings (SSSR count). The molecule has 0 bridgehead atoms. The molecule has 3 N–H and O–H groups in total. The van der Waals surface area contributed by atoms with Gasteiger partial charge in [0, 0.05) is 0 Å². The van der Waals surface area contributed by atoms with Crippen molar-refractivity contribution < 1.29 is 19.9 Å². The molecule has 0 spiro atoms. The SMILES string of the molecule is COc1c(OC)c(=O)c2n(O)ccn(O)c=2c1=N. The summed E-state index contributed by atoms with van der Waals surface area (Å²) in [5, 5.41) is 26.4. The summed E-state index contributed by atoms with van der Waals surface area (Å²) >= 11 is 0. The van der Waals surface area contributed by atoms with E-state index in [4.69, 9.17) is 14.9 Å². The molecule has 96 valence electrons. The van der Waals surface area contributed by atoms with Gasteiger partial charge < -0.3 is 19.9 Å². The first-order valence-corrected chi connectivity index (χ1v) is 4.88. The van der Waals surface area contributed by atoms with Gasteiger partial charge in [0.15, 0.2) is 11.1 Å². The number of hydrogen-bond donors (Lipinski definition) is 3. The molecule has 1 aliphatic heterocycles. The van der Waals surface area contributed by atoms with E-state index in [2.05, 4.69) is 0 Å². The van der Waals surface area contributed by atoms with Gasteiger partial charge in [-0.3, -0.25) is 10.2 Å². The molecule has 0 amide bonds. The van der Waals surface area contributed by atoms with Crippen LogP contribution in [0, 0.1) is 16.1 Å². The molecule has 0 unspecified atom stereocenters. The third kappa shape index (κ3) is 1.39. The second kappa shape index (κ2) is 3.99. The molecule has 0 aromatic rings. The van der Waals surface area contributed by atoms with Crippen molar-refractivity contribution in [3.05, 3.63) is 38.7 Å². The van der Waals surface area contributed by atoms with Crippen molar-refractivity contribution in [1.29, 1.82) is 5.41 Å². The Morgan fingerprint density at radius 1 is 1.06 bits per heavy atom. The van der Waals surface area contributed by atoms with E-state index in [1.54, 1.807) is 0 Å². The van der Waals surface area contributed by atoms with E-state index in [1.165, 1.54) is 14.2 Å². The molecule has 8 heteroatoms. The molecule has 0 radical (unpaired) electrons. The fourth-order valence-corrected chi connectivity index (χ4v) is 1.75. The molecule has 0 aromatic carbocycles. The highest BCUT2D eigenvalue weighted by molar-refractivity contribution is 5.39. The maximum Gasteiger partial charge on any atom is 0.253 e. The van der Waals surface area contributed by atoms with E-state index in [-0.39, 0.29) is 27.6 Å². The number of aromatic nitrogens is 2. The molecule has 0 aromatic heterocycles. The minimum atomic E-state index is -0.689. The summed E-state index contributed by atoms with van der Waals surface area (Å²) in [6.07, 6.45) is 2.15. The lowest BCUT2D eigenvalue weighted by Crippen LogP contribution is -2.25. The number of nitrogens with one attached hydrogen (secondary N) is 1. The van der Waals surface area contributed by atoms with Crippen LogP contribution in [0.1, 0.15) is 0 Å². The quantitative estimate of drug-likeness (QED) is 0.616. The number of rotatable bonds is 2. The Kier molecular flexibility index (Phi) is 2.62. The van der Waals surface area contributed by atoms with E-state index < -0.39 is 5.43 Å². The van der Waals surface area contributed by atoms with Crippen LogP contribution in [-0.2, 0) is 0 Å². The minimum absolute atomic E-state index is 0.107. The van der Waals surface area contributed by atoms with E-state index in [9.17, 15) is 15.2 Å². The second-order valence-corrected chi connectivity index (χ2v) is 3.46. The molecule has 1 aliphatic carbocycles. The second-order valence-electron chi connectivity index (χ2n) is 3.46. The third-order valence-corrected chi connectivity index (χ3v) is 2.53. The number of methoxy groups -OCH3 is 2. The summed E-state index contributed by atoms with van der Waals surface area (Å²) in [7, 11) is 2.53. The predicted molar refractivity (Wildman–Crippen MR) is 57.3 cm³/mol. The molecule has 1 heterocycles. The lowest BCUT2D eigenvalue weighted by molar-refractivity contribution is 0.142. The van der Waals surface area contributed by atoms with Crippen LogP contribution in [0.25, 0.3) is 0 Å². The zero-order valence-corrected chi connectivity index (χ0v) is 9.67. The Hall–Kier alpha value is -2.64. The summed E-state index contributed by atoms with van der Waals surface area (Å²) in [6, 6.07) is 0. The maximum absolute atomic E-state index is 12.1. The topological polar surface area (TPSA) is 110 Å². The molecule has 8 nitrogen and oxygen atoms in total. The standard InChI is InChI=1S/C10H11N3O5/c1-17-9-5(11)6-7(8(14)10(9)18-2)13(16)4-3-12(6)15/h3-4,11,15-16H,1-2H3. The average molecular weight is 253 g/mol. The first-order valence-electron chi connectivity index (χ1n) is 4.88. The van der Waals surface area contributed by atoms with E-state index in [0.29, 0.717) is 9.46 Å². The highest BCUT2D eigenvalue weighted by atomic mass is 16.5. The Morgan fingerprint density at radius 3 is 2.06 bits per heavy atom. The first kappa shape index (κ1) is 11.8. The fourth-order valence-electron chi connectivity index (χ4n) is 1.75. The summed E-state index contributed by atoms with van der Waals surface area (Å²) < 4.78 is 10.9. The van der Waals surface area contributed by atoms with Gasteiger partial charge >= 0.3 is 0 Å². The van der Waals surface area contributed by atoms with Gasteiger partial charge in [0.1, 0.15) is 10.7 Å². The van der Waals surface area contributed by atoms with Crippen LogP contribution >= 0.6 is 0 Å². The zero-order chi connectivity index (χ0) is 13.4. The Labute approximate surface area is 99.9 Å². The van der Waals surface area contributed by atoms with Gasteiger partial charge in [-0.25, -0.2) is 0 Å². The number of hydrogen-bond acceptors (Lipinski definition) is 6. The molecule has 0 fully saturated rings. The monoisotopic (exact) mass is 253 g/mol. The normalized spacial score (nSPS) is 10.6. The van der Waals surface area contributed by atoms with Gasteiger partial charge in [-0.05, 0) is 0 Å². The van der Waals surface area contributed by atoms with Crippen LogP contribution < -0.4 is 20.3 Å². The van der Waals surface area contributed by atoms with Crippen LogP contribution in [0.2, 0.25) is 0 Å². The van der Waals surface area contributed by atoms with Crippen molar-refractivity contribution in [2.24, 2.45) is 0 Å². The lowest BCUT2D eigenvalue weighted by Gasteiger charge is -2.10. The van der Waals surface area contributed by atoms with Gasteiger partial charge in [0.25, 0.3) is 5.43 Å². The number of ether oxygens (including phenoxy) is 2. The van der Waals surface area contributed by atoms with Gasteiger partial charge in [-0.15, -0.1) is 0 Å². The minimum Gasteiger partial charge on any atom is -0.491 e. The first-order chi connectivity index (χ1) is 8.52. The van der Waals surface area contributed by atoms with Crippen LogP contribution in [0.3, 0.4) is 0 Å². The maximum atomic E-state index is 12.1. The summed E-state index contributed by atoms with van der Waals surface area (Å²) in [5.74, 6) is -0.312. The van der Waals surface area contributed by atoms with Crippen molar-refractivity contribution in [2.75, 3.05) is 14.2 Å². The smallest absolute Gasteiger partial charge is 0.253 e. The molecular weight excluding hydrogens is 242 g/mol. The molecule has 0 atom stereocenters. The van der Waals surface area contributed by atoms with Crippen molar-refractivity contribution in [3.63, 3.8) is 0 Å². The molecule has 18 heavy (non-hydrogen) atoms. The van der Waals surface area contributed by atoms with Crippen molar-refractivity contribution in [2.45, 2.75) is 0 Å². The highest BCUT2D eigenvalue weighted by Gasteiger charge is 2.17. The zero-order valence-electron chi connectivity index (χ0n) is 9.67. The van der Waals surface area contributed by atoms with E-state index in [0.717, 1.165) is 12.4 Å².